The number of hydrogen-bond acceptors (Lipinski definition) is 2. The molecule has 272 valence electrons. The highest BCUT2D eigenvalue weighted by Gasteiger charge is 2.20. The molecular weight excluding hydrogens is 705 g/mol. The molecule has 0 aliphatic carbocycles. The lowest BCUT2D eigenvalue weighted by Gasteiger charge is -2.19. The summed E-state index contributed by atoms with van der Waals surface area (Å²) in [6.07, 6.45) is 1.83. The van der Waals surface area contributed by atoms with Crippen molar-refractivity contribution in [3.8, 4) is 67.3 Å². The van der Waals surface area contributed by atoms with Crippen molar-refractivity contribution in [3.05, 3.63) is 219 Å². The summed E-state index contributed by atoms with van der Waals surface area (Å²) in [6, 6.07) is 75.7. The molecule has 0 radical (unpaired) electrons. The van der Waals surface area contributed by atoms with Crippen LogP contribution >= 0.6 is 0 Å². The molecule has 0 saturated heterocycles. The number of hydrogen-bond donors (Lipinski definition) is 0. The standard InChI is InChI=1S/C54H36N4/c1-2-20-39(21-3-1)57-53(56-49-31-17-35-55-54(49)57)38-19-16-18-37(36-38)40-22-4-5-23-41(40)42-24-6-7-25-43(42)44-26-8-9-27-45(44)46-28-10-13-32-50(46)58-51-33-14-11-29-47(51)48-30-12-15-34-52(48)58/h1-36H. The van der Waals surface area contributed by atoms with Crippen LogP contribution in [0.4, 0.5) is 0 Å². The number of fused-ring (bicyclic) bond motifs is 4. The van der Waals surface area contributed by atoms with Crippen molar-refractivity contribution in [2.24, 2.45) is 0 Å². The van der Waals surface area contributed by atoms with Crippen LogP contribution in [0.5, 0.6) is 0 Å². The third kappa shape index (κ3) is 5.54. The second kappa shape index (κ2) is 14.0. The molecule has 0 aliphatic rings. The maximum Gasteiger partial charge on any atom is 0.164 e. The van der Waals surface area contributed by atoms with E-state index in [0.717, 1.165) is 45.1 Å². The fourth-order valence-electron chi connectivity index (χ4n) is 8.71. The minimum atomic E-state index is 0.835. The highest BCUT2D eigenvalue weighted by atomic mass is 15.1. The van der Waals surface area contributed by atoms with Crippen molar-refractivity contribution in [1.82, 2.24) is 19.1 Å². The van der Waals surface area contributed by atoms with E-state index in [4.69, 9.17) is 9.97 Å². The van der Waals surface area contributed by atoms with E-state index in [1.54, 1.807) is 0 Å². The first-order chi connectivity index (χ1) is 28.8. The van der Waals surface area contributed by atoms with Crippen LogP contribution in [-0.2, 0) is 0 Å². The normalized spacial score (nSPS) is 11.4. The van der Waals surface area contributed by atoms with E-state index < -0.39 is 0 Å². The minimum absolute atomic E-state index is 0.835. The van der Waals surface area contributed by atoms with E-state index in [9.17, 15) is 0 Å². The van der Waals surface area contributed by atoms with Gasteiger partial charge in [-0.3, -0.25) is 4.57 Å². The molecule has 0 spiro atoms. The summed E-state index contributed by atoms with van der Waals surface area (Å²) in [5.74, 6) is 0.857. The highest BCUT2D eigenvalue weighted by molar-refractivity contribution is 6.10. The fraction of sp³-hybridized carbons (Fsp3) is 0. The predicted molar refractivity (Wildman–Crippen MR) is 240 cm³/mol. The zero-order valence-corrected chi connectivity index (χ0v) is 31.6. The maximum atomic E-state index is 5.12. The summed E-state index contributed by atoms with van der Waals surface area (Å²) in [7, 11) is 0. The van der Waals surface area contributed by atoms with E-state index in [1.807, 2.05) is 24.4 Å². The highest BCUT2D eigenvalue weighted by Crippen LogP contribution is 2.44. The molecule has 11 rings (SSSR count). The lowest BCUT2D eigenvalue weighted by molar-refractivity contribution is 1.08. The Kier molecular flexibility index (Phi) is 8.11. The lowest BCUT2D eigenvalue weighted by atomic mass is 9.86. The minimum Gasteiger partial charge on any atom is -0.309 e. The molecule has 0 atom stereocenters. The Morgan fingerprint density at radius 3 is 1.50 bits per heavy atom. The molecule has 58 heavy (non-hydrogen) atoms. The zero-order valence-electron chi connectivity index (χ0n) is 31.6. The van der Waals surface area contributed by atoms with Gasteiger partial charge in [0.25, 0.3) is 0 Å². The molecule has 0 saturated carbocycles. The lowest BCUT2D eigenvalue weighted by Crippen LogP contribution is -1.99. The van der Waals surface area contributed by atoms with Gasteiger partial charge in [0, 0.05) is 33.8 Å². The van der Waals surface area contributed by atoms with Gasteiger partial charge in [-0.2, -0.15) is 0 Å². The summed E-state index contributed by atoms with van der Waals surface area (Å²) in [4.78, 5) is 9.88. The van der Waals surface area contributed by atoms with Crippen LogP contribution < -0.4 is 0 Å². The monoisotopic (exact) mass is 740 g/mol. The van der Waals surface area contributed by atoms with Crippen LogP contribution in [0.2, 0.25) is 0 Å². The van der Waals surface area contributed by atoms with E-state index >= 15 is 0 Å². The summed E-state index contributed by atoms with van der Waals surface area (Å²) in [6.45, 7) is 0. The Labute approximate surface area is 336 Å². The van der Waals surface area contributed by atoms with Crippen LogP contribution in [0.1, 0.15) is 0 Å². The number of benzene rings is 8. The molecule has 0 bridgehead atoms. The van der Waals surface area contributed by atoms with Gasteiger partial charge in [-0.25, -0.2) is 9.97 Å². The summed E-state index contributed by atoms with van der Waals surface area (Å²) in [5, 5.41) is 2.50. The van der Waals surface area contributed by atoms with E-state index in [1.165, 1.54) is 55.2 Å². The molecule has 8 aromatic carbocycles. The molecule has 3 heterocycles. The van der Waals surface area contributed by atoms with Crippen LogP contribution in [0.15, 0.2) is 219 Å². The van der Waals surface area contributed by atoms with Gasteiger partial charge in [-0.15, -0.1) is 0 Å². The van der Waals surface area contributed by atoms with Crippen molar-refractivity contribution < 1.29 is 0 Å². The molecule has 4 nitrogen and oxygen atoms in total. The van der Waals surface area contributed by atoms with Crippen molar-refractivity contribution >= 4 is 33.0 Å². The van der Waals surface area contributed by atoms with Crippen molar-refractivity contribution in [3.63, 3.8) is 0 Å². The van der Waals surface area contributed by atoms with Crippen LogP contribution in [0.25, 0.3) is 100 Å². The molecule has 0 unspecified atom stereocenters. The van der Waals surface area contributed by atoms with Gasteiger partial charge in [0.2, 0.25) is 0 Å². The number of nitrogens with zero attached hydrogens (tertiary/aromatic N) is 4. The first kappa shape index (κ1) is 33.5. The Morgan fingerprint density at radius 1 is 0.345 bits per heavy atom. The first-order valence-corrected chi connectivity index (χ1v) is 19.7. The number of pyridine rings is 1. The van der Waals surface area contributed by atoms with Crippen molar-refractivity contribution in [1.29, 1.82) is 0 Å². The smallest absolute Gasteiger partial charge is 0.164 e. The Hall–Kier alpha value is -7.82. The van der Waals surface area contributed by atoms with Crippen LogP contribution in [0.3, 0.4) is 0 Å². The molecule has 3 aromatic heterocycles. The van der Waals surface area contributed by atoms with Gasteiger partial charge in [0.15, 0.2) is 5.65 Å². The molecule has 4 heteroatoms. The molecule has 0 N–H and O–H groups in total. The largest absolute Gasteiger partial charge is 0.309 e. The second-order valence-corrected chi connectivity index (χ2v) is 14.6. The van der Waals surface area contributed by atoms with E-state index in [-0.39, 0.29) is 0 Å². The SMILES string of the molecule is c1ccc(-n2c(-c3cccc(-c4ccccc4-c4ccccc4-c4ccccc4-c4ccccc4-n4c5ccccc5c5ccccc54)c3)nc3cccnc32)cc1. The zero-order chi connectivity index (χ0) is 38.4. The van der Waals surface area contributed by atoms with Crippen molar-refractivity contribution in [2.45, 2.75) is 0 Å². The summed E-state index contributed by atoms with van der Waals surface area (Å²) in [5.41, 5.74) is 16.6. The molecule has 11 aromatic rings. The van der Waals surface area contributed by atoms with Gasteiger partial charge < -0.3 is 4.57 Å². The van der Waals surface area contributed by atoms with Crippen LogP contribution in [-0.4, -0.2) is 19.1 Å². The average Bonchev–Trinajstić information content (AvgIpc) is 3.86. The van der Waals surface area contributed by atoms with Gasteiger partial charge in [0.1, 0.15) is 11.3 Å². The fourth-order valence-corrected chi connectivity index (χ4v) is 8.71. The number of imidazole rings is 1. The number of rotatable bonds is 7. The Bertz CT molecular complexity index is 3240. The van der Waals surface area contributed by atoms with Gasteiger partial charge >= 0.3 is 0 Å². The van der Waals surface area contributed by atoms with Crippen LogP contribution in [0, 0.1) is 0 Å². The molecule has 0 amide bonds. The quantitative estimate of drug-likeness (QED) is 0.163. The Morgan fingerprint density at radius 2 is 0.845 bits per heavy atom. The molecular formula is C54H36N4. The summed E-state index contributed by atoms with van der Waals surface area (Å²) >= 11 is 0. The second-order valence-electron chi connectivity index (χ2n) is 14.6. The van der Waals surface area contributed by atoms with E-state index in [0.29, 0.717) is 0 Å². The third-order valence-corrected chi connectivity index (χ3v) is 11.2. The third-order valence-electron chi connectivity index (χ3n) is 11.2. The maximum absolute atomic E-state index is 5.12. The van der Waals surface area contributed by atoms with Gasteiger partial charge in [-0.05, 0) is 87.5 Å². The first-order valence-electron chi connectivity index (χ1n) is 19.7. The molecule has 0 aliphatic heterocycles. The van der Waals surface area contributed by atoms with E-state index in [2.05, 4.69) is 203 Å². The molecule has 0 fully saturated rings. The van der Waals surface area contributed by atoms with Gasteiger partial charge in [-0.1, -0.05) is 164 Å². The number of para-hydroxylation sites is 4. The number of aromatic nitrogens is 4. The van der Waals surface area contributed by atoms with Crippen molar-refractivity contribution in [2.75, 3.05) is 0 Å². The average molecular weight is 741 g/mol. The topological polar surface area (TPSA) is 35.6 Å². The summed E-state index contributed by atoms with van der Waals surface area (Å²) < 4.78 is 4.58. The Balaban J connectivity index is 1.06. The predicted octanol–water partition coefficient (Wildman–Crippen LogP) is 13.9. The van der Waals surface area contributed by atoms with Gasteiger partial charge in [0.05, 0.1) is 16.7 Å².